The van der Waals surface area contributed by atoms with E-state index in [0.29, 0.717) is 0 Å². The second kappa shape index (κ2) is 8.07. The lowest BCUT2D eigenvalue weighted by Gasteiger charge is -2.52. The van der Waals surface area contributed by atoms with Crippen LogP contribution in [-0.4, -0.2) is 34.2 Å². The highest BCUT2D eigenvalue weighted by atomic mass is 16.2. The Bertz CT molecular complexity index is 1120. The van der Waals surface area contributed by atoms with Crippen LogP contribution in [0, 0.1) is 11.8 Å². The van der Waals surface area contributed by atoms with E-state index in [1.165, 1.54) is 10.5 Å². The Kier molecular flexibility index (Phi) is 5.42. The molecule has 3 amide bonds. The summed E-state index contributed by atoms with van der Waals surface area (Å²) in [5.74, 6) is -1.01. The van der Waals surface area contributed by atoms with Crippen molar-refractivity contribution in [3.63, 3.8) is 0 Å². The van der Waals surface area contributed by atoms with Crippen molar-refractivity contribution in [1.29, 1.82) is 0 Å². The molecule has 0 unspecified atom stereocenters. The van der Waals surface area contributed by atoms with Crippen molar-refractivity contribution in [2.24, 2.45) is 11.8 Å². The van der Waals surface area contributed by atoms with Crippen LogP contribution in [0.5, 0.6) is 0 Å². The summed E-state index contributed by atoms with van der Waals surface area (Å²) in [6.45, 7) is 8.13. The third-order valence-electron chi connectivity index (χ3n) is 8.38. The van der Waals surface area contributed by atoms with Crippen molar-refractivity contribution in [3.05, 3.63) is 65.7 Å². The Morgan fingerprint density at radius 3 is 2.06 bits per heavy atom. The van der Waals surface area contributed by atoms with E-state index < -0.39 is 11.6 Å². The van der Waals surface area contributed by atoms with E-state index in [9.17, 15) is 14.4 Å². The number of para-hydroxylation sites is 1. The molecule has 0 radical (unpaired) electrons. The average molecular weight is 459 g/mol. The SMILES string of the molecule is C[C@@H](C(=O)N1c2ccccc2[C@@](C)(c2ccccc2)CC1(C)C)N1C(=O)[C@H]2CCCC[C@@H]2C1=O. The lowest BCUT2D eigenvalue weighted by molar-refractivity contribution is -0.147. The topological polar surface area (TPSA) is 57.7 Å². The van der Waals surface area contributed by atoms with Crippen LogP contribution in [0.1, 0.15) is 70.9 Å². The molecule has 1 saturated heterocycles. The van der Waals surface area contributed by atoms with E-state index in [2.05, 4.69) is 51.1 Å². The molecule has 2 fully saturated rings. The van der Waals surface area contributed by atoms with Gasteiger partial charge in [0.05, 0.1) is 11.8 Å². The highest BCUT2D eigenvalue weighted by Gasteiger charge is 2.54. The van der Waals surface area contributed by atoms with Crippen LogP contribution < -0.4 is 4.90 Å². The predicted octanol–water partition coefficient (Wildman–Crippen LogP) is 5.07. The second-order valence-electron chi connectivity index (χ2n) is 11.1. The third kappa shape index (κ3) is 3.31. The number of imide groups is 1. The molecule has 0 spiro atoms. The number of amides is 3. The number of fused-ring (bicyclic) bond motifs is 2. The summed E-state index contributed by atoms with van der Waals surface area (Å²) in [7, 11) is 0. The Labute approximate surface area is 202 Å². The minimum absolute atomic E-state index is 0.159. The van der Waals surface area contributed by atoms with Gasteiger partial charge in [0.2, 0.25) is 11.8 Å². The molecule has 1 saturated carbocycles. The lowest BCUT2D eigenvalue weighted by atomic mass is 9.65. The van der Waals surface area contributed by atoms with E-state index in [1.54, 1.807) is 6.92 Å². The monoisotopic (exact) mass is 458 g/mol. The molecule has 5 nitrogen and oxygen atoms in total. The zero-order chi connectivity index (χ0) is 24.3. The molecule has 5 heteroatoms. The van der Waals surface area contributed by atoms with E-state index in [1.807, 2.05) is 29.2 Å². The molecule has 0 aromatic heterocycles. The summed E-state index contributed by atoms with van der Waals surface area (Å²) in [5, 5.41) is 0. The van der Waals surface area contributed by atoms with Crippen molar-refractivity contribution in [3.8, 4) is 0 Å². The molecule has 1 aliphatic carbocycles. The molecule has 2 aromatic carbocycles. The number of anilines is 1. The summed E-state index contributed by atoms with van der Waals surface area (Å²) in [4.78, 5) is 43.6. The first-order valence-electron chi connectivity index (χ1n) is 12.5. The third-order valence-corrected chi connectivity index (χ3v) is 8.38. The van der Waals surface area contributed by atoms with Gasteiger partial charge in [0.25, 0.3) is 5.91 Å². The molecular formula is C29H34N2O3. The van der Waals surface area contributed by atoms with Crippen molar-refractivity contribution in [1.82, 2.24) is 4.90 Å². The Morgan fingerprint density at radius 2 is 1.44 bits per heavy atom. The maximum absolute atomic E-state index is 14.1. The van der Waals surface area contributed by atoms with E-state index >= 15 is 0 Å². The summed E-state index contributed by atoms with van der Waals surface area (Å²) >= 11 is 0. The fraction of sp³-hybridized carbons (Fsp3) is 0.483. The minimum atomic E-state index is -0.820. The number of nitrogens with zero attached hydrogens (tertiary/aromatic N) is 2. The van der Waals surface area contributed by atoms with Crippen molar-refractivity contribution >= 4 is 23.4 Å². The maximum atomic E-state index is 14.1. The van der Waals surface area contributed by atoms with Gasteiger partial charge in [-0.1, -0.05) is 68.3 Å². The van der Waals surface area contributed by atoms with Gasteiger partial charge in [0, 0.05) is 16.6 Å². The molecule has 4 atom stereocenters. The molecule has 5 rings (SSSR count). The number of carbonyl (C=O) groups excluding carboxylic acids is 3. The summed E-state index contributed by atoms with van der Waals surface area (Å²) in [6.07, 6.45) is 4.18. The number of carbonyl (C=O) groups is 3. The van der Waals surface area contributed by atoms with E-state index in [0.717, 1.165) is 43.4 Å². The van der Waals surface area contributed by atoms with Gasteiger partial charge in [-0.3, -0.25) is 19.3 Å². The van der Waals surface area contributed by atoms with E-state index in [-0.39, 0.29) is 35.0 Å². The van der Waals surface area contributed by atoms with Gasteiger partial charge in [-0.15, -0.1) is 0 Å². The lowest BCUT2D eigenvalue weighted by Crippen LogP contribution is -2.60. The van der Waals surface area contributed by atoms with Crippen LogP contribution in [-0.2, 0) is 19.8 Å². The molecule has 34 heavy (non-hydrogen) atoms. The number of benzene rings is 2. The van der Waals surface area contributed by atoms with Crippen molar-refractivity contribution in [2.75, 3.05) is 4.90 Å². The van der Waals surface area contributed by atoms with Gasteiger partial charge in [-0.2, -0.15) is 0 Å². The zero-order valence-corrected chi connectivity index (χ0v) is 20.6. The number of likely N-dealkylation sites (tertiary alicyclic amines) is 1. The second-order valence-corrected chi connectivity index (χ2v) is 11.1. The van der Waals surface area contributed by atoms with Crippen LogP contribution >= 0.6 is 0 Å². The largest absolute Gasteiger partial charge is 0.305 e. The van der Waals surface area contributed by atoms with Crippen molar-refractivity contribution in [2.45, 2.75) is 76.8 Å². The zero-order valence-electron chi connectivity index (χ0n) is 20.6. The first-order valence-corrected chi connectivity index (χ1v) is 12.5. The Balaban J connectivity index is 1.54. The molecule has 0 N–H and O–H groups in total. The number of hydrogen-bond acceptors (Lipinski definition) is 3. The Morgan fingerprint density at radius 1 is 0.882 bits per heavy atom. The maximum Gasteiger partial charge on any atom is 0.250 e. The van der Waals surface area contributed by atoms with Gasteiger partial charge in [-0.05, 0) is 57.2 Å². The molecule has 3 aliphatic rings. The summed E-state index contributed by atoms with van der Waals surface area (Å²) in [5.41, 5.74) is 2.38. The van der Waals surface area contributed by atoms with Crippen LogP contribution in [0.2, 0.25) is 0 Å². The number of hydrogen-bond donors (Lipinski definition) is 0. The van der Waals surface area contributed by atoms with Gasteiger partial charge < -0.3 is 4.90 Å². The molecule has 178 valence electrons. The molecular weight excluding hydrogens is 424 g/mol. The minimum Gasteiger partial charge on any atom is -0.305 e. The van der Waals surface area contributed by atoms with Crippen LogP contribution in [0.25, 0.3) is 0 Å². The smallest absolute Gasteiger partial charge is 0.250 e. The average Bonchev–Trinajstić information content (AvgIpc) is 3.08. The van der Waals surface area contributed by atoms with Gasteiger partial charge in [-0.25, -0.2) is 0 Å². The van der Waals surface area contributed by atoms with Crippen LogP contribution in [0.4, 0.5) is 5.69 Å². The van der Waals surface area contributed by atoms with E-state index in [4.69, 9.17) is 0 Å². The highest BCUT2D eigenvalue weighted by molar-refractivity contribution is 6.11. The molecule has 2 aliphatic heterocycles. The summed E-state index contributed by atoms with van der Waals surface area (Å²) in [6, 6.07) is 17.7. The highest BCUT2D eigenvalue weighted by Crippen LogP contribution is 2.51. The molecule has 0 bridgehead atoms. The fourth-order valence-corrected chi connectivity index (χ4v) is 6.85. The first kappa shape index (κ1) is 22.8. The molecule has 2 aromatic rings. The summed E-state index contributed by atoms with van der Waals surface area (Å²) < 4.78 is 0. The Hall–Kier alpha value is -2.95. The first-order chi connectivity index (χ1) is 16.2. The predicted molar refractivity (Wildman–Crippen MR) is 132 cm³/mol. The fourth-order valence-electron chi connectivity index (χ4n) is 6.85. The standard InChI is InChI=1S/C29H34N2O3/c1-19(30-26(33)21-14-8-9-15-22(21)27(30)34)25(32)31-24-17-11-10-16-23(24)29(4,18-28(31,2)3)20-12-6-5-7-13-20/h5-7,10-13,16-17,19,21-22H,8-9,14-15,18H2,1-4H3/t19-,21-,22-,29+/m0/s1. The van der Waals surface area contributed by atoms with Gasteiger partial charge in [0.15, 0.2) is 0 Å². The van der Waals surface area contributed by atoms with Crippen LogP contribution in [0.15, 0.2) is 54.6 Å². The normalized spacial score (nSPS) is 28.9. The molecule has 2 heterocycles. The van der Waals surface area contributed by atoms with Crippen molar-refractivity contribution < 1.29 is 14.4 Å². The van der Waals surface area contributed by atoms with Gasteiger partial charge in [0.1, 0.15) is 6.04 Å². The van der Waals surface area contributed by atoms with Gasteiger partial charge >= 0.3 is 0 Å². The van der Waals surface area contributed by atoms with Crippen LogP contribution in [0.3, 0.4) is 0 Å². The number of rotatable bonds is 3. The quantitative estimate of drug-likeness (QED) is 0.604.